The largest absolute Gasteiger partial charge is 0.394 e. The zero-order valence-electron chi connectivity index (χ0n) is 42.3. The van der Waals surface area contributed by atoms with Crippen molar-refractivity contribution in [2.75, 3.05) is 13.2 Å². The van der Waals surface area contributed by atoms with E-state index < -0.39 is 49.5 Å². The Balaban J connectivity index is 2.11. The van der Waals surface area contributed by atoms with Crippen molar-refractivity contribution in [3.8, 4) is 0 Å². The molecule has 1 fully saturated rings. The van der Waals surface area contributed by atoms with Crippen molar-refractivity contribution in [1.82, 2.24) is 5.32 Å². The van der Waals surface area contributed by atoms with Crippen LogP contribution in [0.4, 0.5) is 0 Å². The van der Waals surface area contributed by atoms with E-state index >= 15 is 0 Å². The summed E-state index contributed by atoms with van der Waals surface area (Å²) in [4.78, 5) is 13.0. The van der Waals surface area contributed by atoms with Crippen LogP contribution in [0, 0.1) is 0 Å². The molecule has 0 radical (unpaired) electrons. The van der Waals surface area contributed by atoms with Crippen LogP contribution in [-0.2, 0) is 14.3 Å². The van der Waals surface area contributed by atoms with Crippen LogP contribution < -0.4 is 5.32 Å². The van der Waals surface area contributed by atoms with Gasteiger partial charge in [-0.25, -0.2) is 0 Å². The fourth-order valence-corrected chi connectivity index (χ4v) is 9.46. The number of hydrogen-bond acceptors (Lipinski definition) is 8. The van der Waals surface area contributed by atoms with Gasteiger partial charge < -0.3 is 40.3 Å². The normalized spacial score (nSPS) is 19.9. The van der Waals surface area contributed by atoms with E-state index in [2.05, 4.69) is 19.2 Å². The van der Waals surface area contributed by atoms with Crippen LogP contribution in [0.1, 0.15) is 290 Å². The second-order valence-electron chi connectivity index (χ2n) is 20.1. The van der Waals surface area contributed by atoms with Gasteiger partial charge in [-0.1, -0.05) is 271 Å². The summed E-state index contributed by atoms with van der Waals surface area (Å²) in [5.41, 5.74) is 0. The molecule has 0 aliphatic carbocycles. The number of carbonyl (C=O) groups is 1. The fraction of sp³-hybridized carbons (Fsp3) is 0.982. The van der Waals surface area contributed by atoms with Crippen LogP contribution in [-0.4, -0.2) is 87.5 Å². The van der Waals surface area contributed by atoms with E-state index in [9.17, 15) is 30.3 Å². The van der Waals surface area contributed by atoms with Crippen molar-refractivity contribution in [1.29, 1.82) is 0 Å². The average Bonchev–Trinajstić information content (AvgIpc) is 3.29. The molecule has 7 atom stereocenters. The lowest BCUT2D eigenvalue weighted by Crippen LogP contribution is -2.60. The molecular formula is C55H109NO8. The summed E-state index contributed by atoms with van der Waals surface area (Å²) < 4.78 is 11.3. The van der Waals surface area contributed by atoms with Crippen molar-refractivity contribution in [2.45, 2.75) is 333 Å². The number of amides is 1. The lowest BCUT2D eigenvalue weighted by atomic mass is 9.99. The first kappa shape index (κ1) is 61.2. The second-order valence-corrected chi connectivity index (χ2v) is 20.1. The number of nitrogens with one attached hydrogen (secondary N) is 1. The molecule has 0 spiro atoms. The standard InChI is InChI=1S/C55H109NO8/c1-3-5-7-9-11-13-15-17-18-19-20-21-22-23-24-25-26-27-28-29-30-31-32-33-35-37-39-41-43-45-51(59)56-48(47-63-55-54(62)53(61)52(60)50(46-57)64-55)49(58)44-42-40-38-36-34-16-14-12-10-8-6-4-2/h48-50,52-55,57-58,60-62H,3-47H2,1-2H3,(H,56,59). The zero-order valence-corrected chi connectivity index (χ0v) is 42.3. The predicted octanol–water partition coefficient (Wildman–Crippen LogP) is 13.5. The van der Waals surface area contributed by atoms with E-state index in [0.717, 1.165) is 38.5 Å². The molecule has 0 saturated carbocycles. The molecule has 0 aromatic heterocycles. The number of carbonyl (C=O) groups excluding carboxylic acids is 1. The number of hydrogen-bond donors (Lipinski definition) is 6. The Morgan fingerprint density at radius 1 is 0.469 bits per heavy atom. The fourth-order valence-electron chi connectivity index (χ4n) is 9.46. The third-order valence-corrected chi connectivity index (χ3v) is 14.0. The molecule has 0 aromatic rings. The molecule has 9 nitrogen and oxygen atoms in total. The second kappa shape index (κ2) is 45.9. The monoisotopic (exact) mass is 912 g/mol. The summed E-state index contributed by atoms with van der Waals surface area (Å²) in [5.74, 6) is -0.138. The van der Waals surface area contributed by atoms with Crippen molar-refractivity contribution in [3.05, 3.63) is 0 Å². The highest BCUT2D eigenvalue weighted by molar-refractivity contribution is 5.76. The van der Waals surface area contributed by atoms with Crippen LogP contribution in [0.25, 0.3) is 0 Å². The maximum absolute atomic E-state index is 13.0. The van der Waals surface area contributed by atoms with Gasteiger partial charge in [-0.05, 0) is 12.8 Å². The van der Waals surface area contributed by atoms with Gasteiger partial charge in [0.2, 0.25) is 5.91 Å². The maximum Gasteiger partial charge on any atom is 0.220 e. The van der Waals surface area contributed by atoms with Crippen molar-refractivity contribution in [2.24, 2.45) is 0 Å². The molecule has 1 amide bonds. The van der Waals surface area contributed by atoms with Gasteiger partial charge in [0.15, 0.2) is 6.29 Å². The van der Waals surface area contributed by atoms with Crippen LogP contribution >= 0.6 is 0 Å². The summed E-state index contributed by atoms with van der Waals surface area (Å²) in [5, 5.41) is 54.5. The zero-order chi connectivity index (χ0) is 46.6. The Labute approximate surface area is 395 Å². The predicted molar refractivity (Wildman–Crippen MR) is 268 cm³/mol. The lowest BCUT2D eigenvalue weighted by molar-refractivity contribution is -0.302. The molecule has 7 unspecified atom stereocenters. The molecule has 382 valence electrons. The highest BCUT2D eigenvalue weighted by Gasteiger charge is 2.44. The first-order valence-electron chi connectivity index (χ1n) is 28.2. The molecule has 64 heavy (non-hydrogen) atoms. The minimum Gasteiger partial charge on any atom is -0.394 e. The number of aliphatic hydroxyl groups excluding tert-OH is 5. The third-order valence-electron chi connectivity index (χ3n) is 14.0. The van der Waals surface area contributed by atoms with Crippen LogP contribution in [0.5, 0.6) is 0 Å². The van der Waals surface area contributed by atoms with Gasteiger partial charge in [-0.15, -0.1) is 0 Å². The summed E-state index contributed by atoms with van der Waals surface area (Å²) in [6, 6.07) is -0.712. The van der Waals surface area contributed by atoms with E-state index in [1.54, 1.807) is 0 Å². The molecule has 9 heteroatoms. The van der Waals surface area contributed by atoms with Crippen LogP contribution in [0.3, 0.4) is 0 Å². The first-order valence-corrected chi connectivity index (χ1v) is 28.2. The molecule has 0 bridgehead atoms. The number of rotatable bonds is 49. The first-order chi connectivity index (χ1) is 31.3. The number of unbranched alkanes of at least 4 members (excludes halogenated alkanes) is 39. The van der Waals surface area contributed by atoms with Gasteiger partial charge in [0.25, 0.3) is 0 Å². The average molecular weight is 912 g/mol. The minimum atomic E-state index is -1.55. The number of ether oxygens (including phenoxy) is 2. The Hall–Kier alpha value is -0.810. The quantitative estimate of drug-likeness (QED) is 0.0331. The van der Waals surface area contributed by atoms with Crippen LogP contribution in [0.15, 0.2) is 0 Å². The Morgan fingerprint density at radius 2 is 0.781 bits per heavy atom. The van der Waals surface area contributed by atoms with Gasteiger partial charge in [0.1, 0.15) is 24.4 Å². The van der Waals surface area contributed by atoms with E-state index in [0.29, 0.717) is 12.8 Å². The minimum absolute atomic E-state index is 0.132. The van der Waals surface area contributed by atoms with Crippen LogP contribution in [0.2, 0.25) is 0 Å². The Morgan fingerprint density at radius 3 is 1.11 bits per heavy atom. The van der Waals surface area contributed by atoms with E-state index in [4.69, 9.17) is 9.47 Å². The third kappa shape index (κ3) is 35.3. The molecule has 1 aliphatic heterocycles. The van der Waals surface area contributed by atoms with Crippen molar-refractivity contribution in [3.63, 3.8) is 0 Å². The van der Waals surface area contributed by atoms with E-state index in [1.807, 2.05) is 0 Å². The summed E-state index contributed by atoms with van der Waals surface area (Å²) in [6.45, 7) is 3.86. The molecule has 1 heterocycles. The van der Waals surface area contributed by atoms with Gasteiger partial charge in [-0.3, -0.25) is 4.79 Å². The molecule has 1 aliphatic rings. The van der Waals surface area contributed by atoms with Crippen molar-refractivity contribution >= 4 is 5.91 Å². The lowest BCUT2D eigenvalue weighted by Gasteiger charge is -2.40. The number of aliphatic hydroxyl groups is 5. The smallest absolute Gasteiger partial charge is 0.220 e. The van der Waals surface area contributed by atoms with E-state index in [-0.39, 0.29) is 12.5 Å². The summed E-state index contributed by atoms with van der Waals surface area (Å²) >= 11 is 0. The van der Waals surface area contributed by atoms with Gasteiger partial charge >= 0.3 is 0 Å². The molecule has 1 saturated heterocycles. The Kier molecular flexibility index (Phi) is 43.9. The molecular weight excluding hydrogens is 803 g/mol. The Bertz CT molecular complexity index is 970. The molecule has 6 N–H and O–H groups in total. The topological polar surface area (TPSA) is 149 Å². The van der Waals surface area contributed by atoms with Gasteiger partial charge in [0.05, 0.1) is 25.4 Å². The molecule has 0 aromatic carbocycles. The maximum atomic E-state index is 13.0. The summed E-state index contributed by atoms with van der Waals surface area (Å²) in [6.07, 6.45) is 47.2. The summed E-state index contributed by atoms with van der Waals surface area (Å²) in [7, 11) is 0. The van der Waals surface area contributed by atoms with E-state index in [1.165, 1.54) is 225 Å². The van der Waals surface area contributed by atoms with Crippen molar-refractivity contribution < 1.29 is 39.8 Å². The molecule has 1 rings (SSSR count). The van der Waals surface area contributed by atoms with Gasteiger partial charge in [-0.2, -0.15) is 0 Å². The SMILES string of the molecule is CCCCCCCCCCCCCCCCCCCCCCCCCCCCCCCC(=O)NC(COC1OC(CO)C(O)C(O)C1O)C(O)CCCCCCCCCCCCCC. The highest BCUT2D eigenvalue weighted by atomic mass is 16.7. The highest BCUT2D eigenvalue weighted by Crippen LogP contribution is 2.23. The van der Waals surface area contributed by atoms with Gasteiger partial charge in [0, 0.05) is 6.42 Å².